The van der Waals surface area contributed by atoms with Crippen LogP contribution in [0.3, 0.4) is 0 Å². The van der Waals surface area contributed by atoms with Gasteiger partial charge in [-0.25, -0.2) is 8.78 Å². The van der Waals surface area contributed by atoms with Gasteiger partial charge in [-0.1, -0.05) is 24.3 Å². The van der Waals surface area contributed by atoms with Gasteiger partial charge in [0.15, 0.2) is 0 Å². The van der Waals surface area contributed by atoms with Gasteiger partial charge in [0.25, 0.3) is 5.91 Å². The van der Waals surface area contributed by atoms with Crippen molar-refractivity contribution in [2.45, 2.75) is 25.9 Å². The van der Waals surface area contributed by atoms with Gasteiger partial charge in [-0.3, -0.25) is 14.3 Å². The van der Waals surface area contributed by atoms with Crippen molar-refractivity contribution in [2.24, 2.45) is 7.05 Å². The van der Waals surface area contributed by atoms with Gasteiger partial charge in [0.1, 0.15) is 17.3 Å². The third-order valence-corrected chi connectivity index (χ3v) is 5.25. The molecule has 1 aliphatic heterocycles. The van der Waals surface area contributed by atoms with Crippen LogP contribution in [0, 0.1) is 11.6 Å². The van der Waals surface area contributed by atoms with E-state index >= 15 is 0 Å². The number of likely N-dealkylation sites (tertiary alicyclic amines) is 1. The molecule has 1 N–H and O–H groups in total. The number of aryl methyl sites for hydroxylation is 1. The highest BCUT2D eigenvalue weighted by Gasteiger charge is 2.21. The lowest BCUT2D eigenvalue weighted by Gasteiger charge is -2.16. The summed E-state index contributed by atoms with van der Waals surface area (Å²) in [4.78, 5) is 26.5. The number of amides is 2. The molecule has 3 aromatic rings. The summed E-state index contributed by atoms with van der Waals surface area (Å²) in [6.45, 7) is 1.58. The summed E-state index contributed by atoms with van der Waals surface area (Å²) >= 11 is 0. The van der Waals surface area contributed by atoms with Crippen LogP contribution in [0.1, 0.15) is 34.3 Å². The number of hydrogen-bond donors (Lipinski definition) is 1. The molecule has 0 aliphatic carbocycles. The van der Waals surface area contributed by atoms with E-state index < -0.39 is 17.5 Å². The molecule has 0 spiro atoms. The number of carbonyl (C=O) groups is 2. The van der Waals surface area contributed by atoms with Crippen LogP contribution in [0.2, 0.25) is 0 Å². The molecule has 2 amide bonds. The Labute approximate surface area is 178 Å². The summed E-state index contributed by atoms with van der Waals surface area (Å²) in [6.07, 6.45) is 2.98. The van der Waals surface area contributed by atoms with Crippen molar-refractivity contribution < 1.29 is 18.4 Å². The highest BCUT2D eigenvalue weighted by atomic mass is 19.1. The molecule has 0 radical (unpaired) electrons. The molecule has 2 aromatic carbocycles. The number of carbonyl (C=O) groups excluding carboxylic acids is 2. The van der Waals surface area contributed by atoms with Gasteiger partial charge in [-0.05, 0) is 29.7 Å². The molecule has 31 heavy (non-hydrogen) atoms. The second-order valence-electron chi connectivity index (χ2n) is 7.61. The van der Waals surface area contributed by atoms with Crippen molar-refractivity contribution in [1.29, 1.82) is 0 Å². The Morgan fingerprint density at radius 1 is 1.16 bits per heavy atom. The molecule has 160 valence electrons. The Balaban J connectivity index is 1.47. The maximum Gasteiger partial charge on any atom is 0.255 e. The second-order valence-corrected chi connectivity index (χ2v) is 7.61. The topological polar surface area (TPSA) is 67.2 Å². The quantitative estimate of drug-likeness (QED) is 0.660. The van der Waals surface area contributed by atoms with Gasteiger partial charge in [-0.2, -0.15) is 5.10 Å². The van der Waals surface area contributed by atoms with Crippen LogP contribution < -0.4 is 5.32 Å². The summed E-state index contributed by atoms with van der Waals surface area (Å²) in [5, 5.41) is 7.01. The number of nitrogens with zero attached hydrogens (tertiary/aromatic N) is 3. The van der Waals surface area contributed by atoms with E-state index in [2.05, 4.69) is 10.4 Å². The van der Waals surface area contributed by atoms with E-state index in [1.54, 1.807) is 7.05 Å². The van der Waals surface area contributed by atoms with E-state index in [1.165, 1.54) is 16.9 Å². The zero-order valence-corrected chi connectivity index (χ0v) is 17.1. The Hall–Kier alpha value is -3.55. The molecule has 1 aliphatic rings. The van der Waals surface area contributed by atoms with Gasteiger partial charge in [0.05, 0.1) is 5.56 Å². The number of nitrogens with one attached hydrogen (secondary N) is 1. The number of benzene rings is 2. The van der Waals surface area contributed by atoms with Crippen molar-refractivity contribution in [3.05, 3.63) is 77.0 Å². The number of aromatic nitrogens is 2. The van der Waals surface area contributed by atoms with E-state index in [-0.39, 0.29) is 29.3 Å². The fourth-order valence-corrected chi connectivity index (χ4v) is 3.74. The van der Waals surface area contributed by atoms with Gasteiger partial charge in [0, 0.05) is 50.9 Å². The van der Waals surface area contributed by atoms with Gasteiger partial charge < -0.3 is 10.2 Å². The molecule has 0 unspecified atom stereocenters. The minimum absolute atomic E-state index is 0.0597. The maximum absolute atomic E-state index is 14.2. The lowest BCUT2D eigenvalue weighted by atomic mass is 10.1. The minimum Gasteiger partial charge on any atom is -0.348 e. The van der Waals surface area contributed by atoms with E-state index in [0.29, 0.717) is 13.0 Å². The highest BCUT2D eigenvalue weighted by Crippen LogP contribution is 2.25. The van der Waals surface area contributed by atoms with E-state index in [9.17, 15) is 18.4 Å². The van der Waals surface area contributed by atoms with Crippen LogP contribution in [0.15, 0.2) is 48.7 Å². The lowest BCUT2D eigenvalue weighted by molar-refractivity contribution is -0.128. The summed E-state index contributed by atoms with van der Waals surface area (Å²) in [6, 6.07) is 10.9. The fraction of sp³-hybridized carbons (Fsp3) is 0.261. The molecule has 4 rings (SSSR count). The molecule has 0 atom stereocenters. The smallest absolute Gasteiger partial charge is 0.255 e. The zero-order chi connectivity index (χ0) is 22.0. The summed E-state index contributed by atoms with van der Waals surface area (Å²) in [5.74, 6) is -1.72. The molecule has 0 bridgehead atoms. The third kappa shape index (κ3) is 4.63. The Kier molecular flexibility index (Phi) is 5.79. The molecular weight excluding hydrogens is 402 g/mol. The fourth-order valence-electron chi connectivity index (χ4n) is 3.74. The zero-order valence-electron chi connectivity index (χ0n) is 17.1. The van der Waals surface area contributed by atoms with E-state index in [0.717, 1.165) is 36.2 Å². The molecule has 2 heterocycles. The molecule has 0 saturated carbocycles. The predicted molar refractivity (Wildman–Crippen MR) is 111 cm³/mol. The van der Waals surface area contributed by atoms with Gasteiger partial charge in [-0.15, -0.1) is 0 Å². The first-order valence-corrected chi connectivity index (χ1v) is 10.0. The number of halogens is 2. The number of hydrogen-bond acceptors (Lipinski definition) is 3. The van der Waals surface area contributed by atoms with Gasteiger partial charge >= 0.3 is 0 Å². The summed E-state index contributed by atoms with van der Waals surface area (Å²) in [7, 11) is 1.63. The van der Waals surface area contributed by atoms with Crippen molar-refractivity contribution in [3.63, 3.8) is 0 Å². The normalized spacial score (nSPS) is 13.6. The second kappa shape index (κ2) is 8.67. The summed E-state index contributed by atoms with van der Waals surface area (Å²) in [5.41, 5.74) is 2.29. The SMILES string of the molecule is Cn1cc(C(=O)NCc2cccc(CN3CCCC3=O)c2)c(-c2ccc(F)cc2F)n1. The van der Waals surface area contributed by atoms with Crippen molar-refractivity contribution in [3.8, 4) is 11.3 Å². The first kappa shape index (κ1) is 20.7. The van der Waals surface area contributed by atoms with Gasteiger partial charge in [0.2, 0.25) is 5.91 Å². The van der Waals surface area contributed by atoms with Crippen molar-refractivity contribution >= 4 is 11.8 Å². The average molecular weight is 424 g/mol. The Bertz CT molecular complexity index is 1140. The third-order valence-electron chi connectivity index (χ3n) is 5.25. The Morgan fingerprint density at radius 2 is 1.97 bits per heavy atom. The molecular formula is C23H22F2N4O2. The van der Waals surface area contributed by atoms with Crippen LogP contribution in [0.25, 0.3) is 11.3 Å². The van der Waals surface area contributed by atoms with Crippen LogP contribution in [-0.2, 0) is 24.9 Å². The molecule has 8 heteroatoms. The largest absolute Gasteiger partial charge is 0.348 e. The molecule has 1 aromatic heterocycles. The van der Waals surface area contributed by atoms with Crippen molar-refractivity contribution in [1.82, 2.24) is 20.0 Å². The summed E-state index contributed by atoms with van der Waals surface area (Å²) < 4.78 is 28.9. The first-order valence-electron chi connectivity index (χ1n) is 10.0. The highest BCUT2D eigenvalue weighted by molar-refractivity contribution is 5.99. The van der Waals surface area contributed by atoms with Crippen LogP contribution in [0.5, 0.6) is 0 Å². The minimum atomic E-state index is -0.781. The first-order chi connectivity index (χ1) is 14.9. The van der Waals surface area contributed by atoms with Crippen molar-refractivity contribution in [2.75, 3.05) is 6.54 Å². The maximum atomic E-state index is 14.2. The van der Waals surface area contributed by atoms with Crippen LogP contribution >= 0.6 is 0 Å². The van der Waals surface area contributed by atoms with Crippen LogP contribution in [-0.4, -0.2) is 33.0 Å². The molecule has 6 nitrogen and oxygen atoms in total. The number of rotatable bonds is 6. The predicted octanol–water partition coefficient (Wildman–Crippen LogP) is 3.42. The van der Waals surface area contributed by atoms with E-state index in [4.69, 9.17) is 0 Å². The standard InChI is InChI=1S/C23H22F2N4O2/c1-28-14-19(22(27-28)18-8-7-17(24)11-20(18)25)23(31)26-12-15-4-2-5-16(10-15)13-29-9-3-6-21(29)30/h2,4-5,7-8,10-11,14H,3,6,9,12-13H2,1H3,(H,26,31). The average Bonchev–Trinajstić information content (AvgIpc) is 3.32. The lowest BCUT2D eigenvalue weighted by Crippen LogP contribution is -2.24. The molecule has 1 fully saturated rings. The monoisotopic (exact) mass is 424 g/mol. The van der Waals surface area contributed by atoms with Crippen LogP contribution in [0.4, 0.5) is 8.78 Å². The molecule has 1 saturated heterocycles. The van der Waals surface area contributed by atoms with E-state index in [1.807, 2.05) is 29.2 Å². The Morgan fingerprint density at radius 3 is 2.71 bits per heavy atom.